The molecule has 1 aromatic heterocycles. The van der Waals surface area contributed by atoms with Gasteiger partial charge in [-0.25, -0.2) is 4.79 Å². The van der Waals surface area contributed by atoms with Gasteiger partial charge < -0.3 is 8.92 Å². The Kier molecular flexibility index (Phi) is 8.54. The molecule has 242 valence electrons. The van der Waals surface area contributed by atoms with Crippen molar-refractivity contribution < 1.29 is 48.4 Å². The van der Waals surface area contributed by atoms with Gasteiger partial charge in [0.2, 0.25) is 0 Å². The van der Waals surface area contributed by atoms with Crippen molar-refractivity contribution >= 4 is 22.8 Å². The van der Waals surface area contributed by atoms with Gasteiger partial charge in [-0.3, -0.25) is 14.3 Å². The minimum Gasteiger partial charge on any atom is -0.496 e. The Hall–Kier alpha value is -4.08. The molecular formula is C29H23F9N2O4S. The van der Waals surface area contributed by atoms with E-state index in [9.17, 15) is 49.1 Å². The number of rotatable bonds is 8. The number of halogens is 9. The van der Waals surface area contributed by atoms with E-state index in [0.717, 1.165) is 12.1 Å². The third-order valence-corrected chi connectivity index (χ3v) is 7.41. The molecular weight excluding hydrogens is 643 g/mol. The van der Waals surface area contributed by atoms with E-state index in [1.54, 1.807) is 24.3 Å². The Morgan fingerprint density at radius 3 is 1.98 bits per heavy atom. The van der Waals surface area contributed by atoms with Gasteiger partial charge in [-0.1, -0.05) is 39.0 Å². The first-order valence-electron chi connectivity index (χ1n) is 12.8. The predicted molar refractivity (Wildman–Crippen MR) is 150 cm³/mol. The molecule has 0 atom stereocenters. The summed E-state index contributed by atoms with van der Waals surface area (Å²) >= 11 is -1.53. The number of benzene rings is 3. The Balaban J connectivity index is 1.73. The fourth-order valence-electron chi connectivity index (χ4n) is 4.32. The summed E-state index contributed by atoms with van der Waals surface area (Å²) in [6.07, 6.45) is -5.63. The molecule has 4 aromatic rings. The molecule has 0 bridgehead atoms. The standard InChI is InChI=1S/C29H23F9N2O4S/c1-25(2,3)21-14-18(40-10-9-22(41)39-24(40)42)13-20(23(21)43-4)17-6-5-16-12-19(8-7-15(16)11-17)44-45-29(37,38)27(32,33)26(30,31)28(34,35)36/h5-14H,1-4H3,(H,39,41,42). The normalized spacial score (nSPS) is 13.3. The zero-order valence-electron chi connectivity index (χ0n) is 23.7. The molecule has 6 nitrogen and oxygen atoms in total. The van der Waals surface area contributed by atoms with Crippen molar-refractivity contribution in [2.75, 3.05) is 7.11 Å². The van der Waals surface area contributed by atoms with E-state index in [-0.39, 0.29) is 0 Å². The number of ether oxygens (including phenoxy) is 1. The Morgan fingerprint density at radius 1 is 0.778 bits per heavy atom. The lowest BCUT2D eigenvalue weighted by atomic mass is 9.83. The number of nitrogens with one attached hydrogen (secondary N) is 1. The number of H-pyrrole nitrogens is 1. The highest BCUT2D eigenvalue weighted by atomic mass is 32.2. The summed E-state index contributed by atoms with van der Waals surface area (Å²) in [7, 11) is 1.45. The van der Waals surface area contributed by atoms with Gasteiger partial charge in [-0.15, -0.1) is 0 Å². The van der Waals surface area contributed by atoms with Crippen molar-refractivity contribution in [2.24, 2.45) is 0 Å². The van der Waals surface area contributed by atoms with Crippen molar-refractivity contribution in [1.29, 1.82) is 0 Å². The average molecular weight is 667 g/mol. The first kappa shape index (κ1) is 33.8. The number of alkyl halides is 9. The predicted octanol–water partition coefficient (Wildman–Crippen LogP) is 8.10. The van der Waals surface area contributed by atoms with Crippen molar-refractivity contribution in [1.82, 2.24) is 9.55 Å². The van der Waals surface area contributed by atoms with Crippen LogP contribution < -0.4 is 20.2 Å². The molecule has 0 spiro atoms. The second kappa shape index (κ2) is 11.4. The summed E-state index contributed by atoms with van der Waals surface area (Å²) in [5.41, 5.74) is 0.390. The molecule has 0 aliphatic rings. The minimum atomic E-state index is -7.03. The molecule has 1 N–H and O–H groups in total. The molecule has 0 aliphatic carbocycles. The van der Waals surface area contributed by atoms with Crippen LogP contribution in [0.5, 0.6) is 11.5 Å². The molecule has 4 rings (SSSR count). The molecule has 0 amide bonds. The lowest BCUT2D eigenvalue weighted by molar-refractivity contribution is -0.381. The first-order chi connectivity index (χ1) is 20.6. The van der Waals surface area contributed by atoms with Gasteiger partial charge in [0.25, 0.3) is 5.56 Å². The quantitative estimate of drug-likeness (QED) is 0.152. The average Bonchev–Trinajstić information content (AvgIpc) is 2.93. The van der Waals surface area contributed by atoms with Gasteiger partial charge >= 0.3 is 29.0 Å². The van der Waals surface area contributed by atoms with E-state index in [2.05, 4.69) is 9.17 Å². The van der Waals surface area contributed by atoms with Crippen LogP contribution in [0.4, 0.5) is 39.5 Å². The number of methoxy groups -OCH3 is 1. The first-order valence-corrected chi connectivity index (χ1v) is 13.5. The van der Waals surface area contributed by atoms with Gasteiger partial charge in [-0.05, 0) is 52.1 Å². The highest BCUT2D eigenvalue weighted by molar-refractivity contribution is 7.96. The largest absolute Gasteiger partial charge is 0.496 e. The number of hydrogen-bond acceptors (Lipinski definition) is 5. The maximum absolute atomic E-state index is 13.9. The zero-order chi connectivity index (χ0) is 33.8. The monoisotopic (exact) mass is 666 g/mol. The van der Waals surface area contributed by atoms with Crippen molar-refractivity contribution in [3.63, 3.8) is 0 Å². The minimum absolute atomic E-state index is 0.301. The van der Waals surface area contributed by atoms with E-state index in [4.69, 9.17) is 4.74 Å². The molecule has 0 unspecified atom stereocenters. The van der Waals surface area contributed by atoms with Crippen molar-refractivity contribution in [2.45, 2.75) is 49.5 Å². The molecule has 0 radical (unpaired) electrons. The Bertz CT molecular complexity index is 1860. The summed E-state index contributed by atoms with van der Waals surface area (Å²) in [6, 6.07) is 12.7. The number of aromatic nitrogens is 2. The van der Waals surface area contributed by atoms with Crippen LogP contribution in [-0.4, -0.2) is 39.9 Å². The van der Waals surface area contributed by atoms with Crippen LogP contribution in [-0.2, 0) is 5.41 Å². The molecule has 1 heterocycles. The number of fused-ring (bicyclic) bond motifs is 1. The molecule has 0 saturated carbocycles. The second-order valence-electron chi connectivity index (χ2n) is 10.9. The third-order valence-electron chi connectivity index (χ3n) is 6.67. The van der Waals surface area contributed by atoms with Crippen LogP contribution in [0.3, 0.4) is 0 Å². The smallest absolute Gasteiger partial charge is 0.460 e. The summed E-state index contributed by atoms with van der Waals surface area (Å²) in [5.74, 6) is -13.9. The van der Waals surface area contributed by atoms with Crippen LogP contribution in [0, 0.1) is 0 Å². The van der Waals surface area contributed by atoms with Crippen LogP contribution in [0.25, 0.3) is 27.6 Å². The van der Waals surface area contributed by atoms with Crippen molar-refractivity contribution in [3.8, 4) is 28.3 Å². The fourth-order valence-corrected chi connectivity index (χ4v) is 4.86. The lowest BCUT2D eigenvalue weighted by Crippen LogP contribution is -2.59. The van der Waals surface area contributed by atoms with Gasteiger partial charge in [0, 0.05) is 23.4 Å². The van der Waals surface area contributed by atoms with E-state index < -0.39 is 57.7 Å². The van der Waals surface area contributed by atoms with Gasteiger partial charge in [0.1, 0.15) is 23.5 Å². The molecule has 0 saturated heterocycles. The lowest BCUT2D eigenvalue weighted by Gasteiger charge is -2.32. The molecule has 16 heteroatoms. The molecule has 0 aliphatic heterocycles. The maximum atomic E-state index is 13.9. The molecule has 0 fully saturated rings. The molecule has 3 aromatic carbocycles. The number of nitrogens with zero attached hydrogens (tertiary/aromatic N) is 1. The SMILES string of the molecule is COc1c(-c2ccc3cc(OSC(F)(F)C(F)(F)C(F)(F)C(F)(F)F)ccc3c2)cc(-n2ccc(=O)[nH]c2=O)cc1C(C)(C)C. The summed E-state index contributed by atoms with van der Waals surface area (Å²) in [5, 5.41) is -5.21. The zero-order valence-corrected chi connectivity index (χ0v) is 24.5. The van der Waals surface area contributed by atoms with Crippen LogP contribution >= 0.6 is 12.0 Å². The molecule has 45 heavy (non-hydrogen) atoms. The summed E-state index contributed by atoms with van der Waals surface area (Å²) in [6.45, 7) is 5.74. The third kappa shape index (κ3) is 6.24. The maximum Gasteiger partial charge on any atom is 0.460 e. The highest BCUT2D eigenvalue weighted by Gasteiger charge is 2.82. The van der Waals surface area contributed by atoms with Crippen molar-refractivity contribution in [3.05, 3.63) is 87.2 Å². The van der Waals surface area contributed by atoms with Gasteiger partial charge in [0.05, 0.1) is 12.8 Å². The van der Waals surface area contributed by atoms with Crippen LogP contribution in [0.1, 0.15) is 26.3 Å². The van der Waals surface area contributed by atoms with Crippen LogP contribution in [0.2, 0.25) is 0 Å². The number of aromatic amines is 1. The van der Waals surface area contributed by atoms with E-state index in [1.807, 2.05) is 20.8 Å². The Morgan fingerprint density at radius 2 is 1.40 bits per heavy atom. The second-order valence-corrected chi connectivity index (χ2v) is 11.7. The Labute approximate surface area is 253 Å². The van der Waals surface area contributed by atoms with E-state index >= 15 is 0 Å². The van der Waals surface area contributed by atoms with E-state index in [0.29, 0.717) is 38.9 Å². The summed E-state index contributed by atoms with van der Waals surface area (Å²) in [4.78, 5) is 26.4. The van der Waals surface area contributed by atoms with Crippen LogP contribution in [0.15, 0.2) is 70.4 Å². The van der Waals surface area contributed by atoms with Gasteiger partial charge in [-0.2, -0.15) is 39.5 Å². The fraction of sp³-hybridized carbons (Fsp3) is 0.310. The summed E-state index contributed by atoms with van der Waals surface area (Å²) < 4.78 is 130. The topological polar surface area (TPSA) is 73.3 Å². The highest BCUT2D eigenvalue weighted by Crippen LogP contribution is 2.56. The number of hydrogen-bond donors (Lipinski definition) is 1. The van der Waals surface area contributed by atoms with E-state index in [1.165, 1.54) is 36.1 Å². The van der Waals surface area contributed by atoms with Gasteiger partial charge in [0.15, 0.2) is 0 Å².